The highest BCUT2D eigenvalue weighted by Gasteiger charge is 2.37. The number of ether oxygens (including phenoxy) is 2. The summed E-state index contributed by atoms with van der Waals surface area (Å²) in [6, 6.07) is 17.6. The molecule has 1 aromatic heterocycles. The number of methoxy groups -OCH3 is 1. The van der Waals surface area contributed by atoms with Crippen LogP contribution < -0.4 is 9.47 Å². The second-order valence-electron chi connectivity index (χ2n) is 7.93. The predicted molar refractivity (Wildman–Crippen MR) is 113 cm³/mol. The van der Waals surface area contributed by atoms with E-state index in [1.807, 2.05) is 30.6 Å². The van der Waals surface area contributed by atoms with Gasteiger partial charge in [0.05, 0.1) is 7.11 Å². The molecule has 0 aliphatic carbocycles. The second kappa shape index (κ2) is 7.53. The Hall–Kier alpha value is -2.85. The summed E-state index contributed by atoms with van der Waals surface area (Å²) in [6.45, 7) is 3.89. The fourth-order valence-corrected chi connectivity index (χ4v) is 4.81. The Morgan fingerprint density at radius 3 is 2.72 bits per heavy atom. The van der Waals surface area contributed by atoms with Crippen LogP contribution in [0.5, 0.6) is 11.5 Å². The average molecular weight is 386 g/mol. The minimum atomic E-state index is 0.369. The van der Waals surface area contributed by atoms with E-state index in [0.29, 0.717) is 18.7 Å². The molecule has 0 bridgehead atoms. The van der Waals surface area contributed by atoms with Gasteiger partial charge in [0.25, 0.3) is 0 Å². The van der Waals surface area contributed by atoms with Crippen LogP contribution in [0, 0.1) is 0 Å². The van der Waals surface area contributed by atoms with E-state index in [1.54, 1.807) is 7.11 Å². The largest absolute Gasteiger partial charge is 0.493 e. The maximum absolute atomic E-state index is 6.20. The molecule has 5 rings (SSSR count). The molecular weight excluding hydrogens is 360 g/mol. The number of pyridine rings is 1. The third-order valence-electron chi connectivity index (χ3n) is 6.37. The molecule has 0 amide bonds. The first kappa shape index (κ1) is 18.2. The van der Waals surface area contributed by atoms with Gasteiger partial charge in [0.15, 0.2) is 11.5 Å². The maximum Gasteiger partial charge on any atom is 0.162 e. The first-order chi connectivity index (χ1) is 14.2. The minimum absolute atomic E-state index is 0.369. The Morgan fingerprint density at radius 2 is 1.90 bits per heavy atom. The molecule has 0 saturated carbocycles. The van der Waals surface area contributed by atoms with Crippen LogP contribution in [0.4, 0.5) is 0 Å². The Morgan fingerprint density at radius 1 is 1.03 bits per heavy atom. The van der Waals surface area contributed by atoms with Gasteiger partial charge >= 0.3 is 0 Å². The van der Waals surface area contributed by atoms with Crippen LogP contribution in [0.15, 0.2) is 60.9 Å². The van der Waals surface area contributed by atoms with Crippen LogP contribution in [0.3, 0.4) is 0 Å². The van der Waals surface area contributed by atoms with Crippen LogP contribution in [-0.2, 0) is 19.4 Å². The van der Waals surface area contributed by atoms with E-state index in [9.17, 15) is 0 Å². The Balaban J connectivity index is 1.49. The van der Waals surface area contributed by atoms with Crippen molar-refractivity contribution in [2.75, 3.05) is 13.7 Å². The molecule has 2 aliphatic heterocycles. The molecule has 0 unspecified atom stereocenters. The SMILES string of the molecule is COc1cc2c(cc1OCc1ccccc1)[C@@H]1Cc3ccncc3[C@@H](C)N1CC2. The molecule has 2 aliphatic rings. The van der Waals surface area contributed by atoms with Crippen molar-refractivity contribution in [1.29, 1.82) is 0 Å². The standard InChI is InChI=1S/C25H26N2O2/c1-17-22-15-26-10-8-19(22)12-23-21-14-25(29-16-18-6-4-3-5-7-18)24(28-2)13-20(21)9-11-27(17)23/h3-8,10,13-15,17,23H,9,11-12,16H2,1-2H3/t17-,23+/m1/s1. The fraction of sp³-hybridized carbons (Fsp3) is 0.320. The summed E-state index contributed by atoms with van der Waals surface area (Å²) < 4.78 is 11.9. The van der Waals surface area contributed by atoms with Crippen LogP contribution in [0.25, 0.3) is 0 Å². The quantitative estimate of drug-likeness (QED) is 0.640. The molecule has 0 saturated heterocycles. The summed E-state index contributed by atoms with van der Waals surface area (Å²) in [5, 5.41) is 0. The lowest BCUT2D eigenvalue weighted by Gasteiger charge is -2.45. The van der Waals surface area contributed by atoms with Gasteiger partial charge in [-0.2, -0.15) is 0 Å². The Kier molecular flexibility index (Phi) is 4.72. The zero-order valence-electron chi connectivity index (χ0n) is 17.0. The third kappa shape index (κ3) is 3.28. The maximum atomic E-state index is 6.20. The second-order valence-corrected chi connectivity index (χ2v) is 7.93. The molecule has 2 atom stereocenters. The van der Waals surface area contributed by atoms with Crippen LogP contribution in [0.2, 0.25) is 0 Å². The van der Waals surface area contributed by atoms with Crippen LogP contribution in [0.1, 0.15) is 46.8 Å². The van der Waals surface area contributed by atoms with Crippen molar-refractivity contribution in [3.63, 3.8) is 0 Å². The van der Waals surface area contributed by atoms with Gasteiger partial charge in [0.2, 0.25) is 0 Å². The third-order valence-corrected chi connectivity index (χ3v) is 6.37. The summed E-state index contributed by atoms with van der Waals surface area (Å²) >= 11 is 0. The highest BCUT2D eigenvalue weighted by atomic mass is 16.5. The van der Waals surface area contributed by atoms with Crippen molar-refractivity contribution in [2.24, 2.45) is 0 Å². The van der Waals surface area contributed by atoms with Gasteiger partial charge in [0.1, 0.15) is 6.61 Å². The molecule has 2 aromatic carbocycles. The molecule has 4 heteroatoms. The highest BCUT2D eigenvalue weighted by Crippen LogP contribution is 2.46. The van der Waals surface area contributed by atoms with Crippen molar-refractivity contribution < 1.29 is 9.47 Å². The van der Waals surface area contributed by atoms with Gasteiger partial charge in [-0.1, -0.05) is 30.3 Å². The molecule has 0 radical (unpaired) electrons. The van der Waals surface area contributed by atoms with Crippen molar-refractivity contribution >= 4 is 0 Å². The van der Waals surface area contributed by atoms with Crippen molar-refractivity contribution in [3.8, 4) is 11.5 Å². The van der Waals surface area contributed by atoms with Gasteiger partial charge in [-0.15, -0.1) is 0 Å². The molecule has 3 aromatic rings. The molecule has 4 nitrogen and oxygen atoms in total. The van der Waals surface area contributed by atoms with Gasteiger partial charge < -0.3 is 9.47 Å². The molecule has 29 heavy (non-hydrogen) atoms. The average Bonchev–Trinajstić information content (AvgIpc) is 2.78. The van der Waals surface area contributed by atoms with E-state index in [4.69, 9.17) is 9.47 Å². The predicted octanol–water partition coefficient (Wildman–Crippen LogP) is 4.89. The molecular formula is C25H26N2O2. The molecule has 0 fully saturated rings. The van der Waals surface area contributed by atoms with Crippen molar-refractivity contribution in [2.45, 2.75) is 38.5 Å². The minimum Gasteiger partial charge on any atom is -0.493 e. The summed E-state index contributed by atoms with van der Waals surface area (Å²) in [5.74, 6) is 1.65. The van der Waals surface area contributed by atoms with E-state index in [2.05, 4.69) is 47.1 Å². The topological polar surface area (TPSA) is 34.6 Å². The lowest BCUT2D eigenvalue weighted by Crippen LogP contribution is -2.41. The zero-order valence-corrected chi connectivity index (χ0v) is 17.0. The van der Waals surface area contributed by atoms with E-state index in [1.165, 1.54) is 22.3 Å². The van der Waals surface area contributed by atoms with Gasteiger partial charge in [-0.25, -0.2) is 0 Å². The van der Waals surface area contributed by atoms with Gasteiger partial charge in [-0.3, -0.25) is 9.88 Å². The number of rotatable bonds is 4. The Labute approximate surface area is 172 Å². The molecule has 3 heterocycles. The highest BCUT2D eigenvalue weighted by molar-refractivity contribution is 5.51. The number of benzene rings is 2. The number of aromatic nitrogens is 1. The van der Waals surface area contributed by atoms with Gasteiger partial charge in [-0.05, 0) is 65.8 Å². The van der Waals surface area contributed by atoms with Crippen molar-refractivity contribution in [3.05, 3.63) is 88.7 Å². The van der Waals surface area contributed by atoms with E-state index in [0.717, 1.165) is 36.4 Å². The Bertz CT molecular complexity index is 1020. The summed E-state index contributed by atoms with van der Waals surface area (Å²) in [7, 11) is 1.72. The number of fused-ring (bicyclic) bond motifs is 4. The molecule has 0 N–H and O–H groups in total. The monoisotopic (exact) mass is 386 g/mol. The molecule has 148 valence electrons. The summed E-state index contributed by atoms with van der Waals surface area (Å²) in [4.78, 5) is 6.97. The van der Waals surface area contributed by atoms with Crippen molar-refractivity contribution in [1.82, 2.24) is 9.88 Å². The van der Waals surface area contributed by atoms with Crippen LogP contribution >= 0.6 is 0 Å². The fourth-order valence-electron chi connectivity index (χ4n) is 4.81. The number of hydrogen-bond acceptors (Lipinski definition) is 4. The normalized spacial score (nSPS) is 20.3. The summed E-state index contributed by atoms with van der Waals surface area (Å²) in [5.41, 5.74) is 6.67. The van der Waals surface area contributed by atoms with E-state index >= 15 is 0 Å². The number of hydrogen-bond donors (Lipinski definition) is 0. The first-order valence-electron chi connectivity index (χ1n) is 10.3. The van der Waals surface area contributed by atoms with E-state index in [-0.39, 0.29) is 0 Å². The lowest BCUT2D eigenvalue weighted by molar-refractivity contribution is 0.117. The van der Waals surface area contributed by atoms with Crippen LogP contribution in [-0.4, -0.2) is 23.5 Å². The molecule has 0 spiro atoms. The summed E-state index contributed by atoms with van der Waals surface area (Å²) in [6.07, 6.45) is 5.99. The smallest absolute Gasteiger partial charge is 0.162 e. The zero-order chi connectivity index (χ0) is 19.8. The van der Waals surface area contributed by atoms with Gasteiger partial charge in [0, 0.05) is 31.0 Å². The first-order valence-corrected chi connectivity index (χ1v) is 10.3. The van der Waals surface area contributed by atoms with E-state index < -0.39 is 0 Å². The lowest BCUT2D eigenvalue weighted by atomic mass is 9.81. The number of nitrogens with zero attached hydrogens (tertiary/aromatic N) is 2.